The van der Waals surface area contributed by atoms with E-state index in [1.807, 2.05) is 6.92 Å². The van der Waals surface area contributed by atoms with Gasteiger partial charge in [0.05, 0.1) is 33.1 Å². The third-order valence-electron chi connectivity index (χ3n) is 6.10. The van der Waals surface area contributed by atoms with E-state index >= 15 is 0 Å². The number of aromatic nitrogens is 5. The third kappa shape index (κ3) is 4.40. The van der Waals surface area contributed by atoms with Crippen molar-refractivity contribution < 1.29 is 27.7 Å². The van der Waals surface area contributed by atoms with Gasteiger partial charge in [0, 0.05) is 18.9 Å². The van der Waals surface area contributed by atoms with E-state index < -0.39 is 21.7 Å². The quantitative estimate of drug-likeness (QED) is 0.275. The van der Waals surface area contributed by atoms with E-state index in [0.29, 0.717) is 52.5 Å². The number of thiol groups is 1. The van der Waals surface area contributed by atoms with E-state index in [9.17, 15) is 13.5 Å². The number of anilines is 1. The van der Waals surface area contributed by atoms with Gasteiger partial charge in [-0.3, -0.25) is 4.57 Å². The summed E-state index contributed by atoms with van der Waals surface area (Å²) in [5.74, 6) is 2.03. The van der Waals surface area contributed by atoms with Crippen molar-refractivity contribution >= 4 is 27.8 Å². The van der Waals surface area contributed by atoms with Crippen LogP contribution in [0.15, 0.2) is 42.6 Å². The molecule has 1 aliphatic carbocycles. The Labute approximate surface area is 214 Å². The van der Waals surface area contributed by atoms with Crippen molar-refractivity contribution in [3.8, 4) is 34.6 Å². The van der Waals surface area contributed by atoms with Crippen LogP contribution in [0.2, 0.25) is 0 Å². The molecule has 0 radical (unpaired) electrons. The number of nitrogens with zero attached hydrogens (tertiary/aromatic N) is 5. The van der Waals surface area contributed by atoms with Crippen LogP contribution < -0.4 is 19.5 Å². The smallest absolute Gasteiger partial charge is 0.213 e. The van der Waals surface area contributed by atoms with Crippen molar-refractivity contribution in [1.82, 2.24) is 24.5 Å². The van der Waals surface area contributed by atoms with Gasteiger partial charge in [0.25, 0.3) is 0 Å². The van der Waals surface area contributed by atoms with E-state index in [1.54, 1.807) is 55.2 Å². The fourth-order valence-corrected chi connectivity index (χ4v) is 5.30. The molecule has 3 aromatic heterocycles. The molecular formula is C24H26N6O6S. The monoisotopic (exact) mass is 526 g/mol. The van der Waals surface area contributed by atoms with Gasteiger partial charge >= 0.3 is 0 Å². The Kier molecular flexibility index (Phi) is 6.56. The van der Waals surface area contributed by atoms with Crippen molar-refractivity contribution in [2.75, 3.05) is 26.1 Å². The fourth-order valence-electron chi connectivity index (χ4n) is 4.37. The molecule has 13 heteroatoms. The Hall–Kier alpha value is -3.97. The molecule has 37 heavy (non-hydrogen) atoms. The zero-order chi connectivity index (χ0) is 26.2. The lowest BCUT2D eigenvalue weighted by Crippen LogP contribution is -2.54. The Bertz CT molecular complexity index is 1500. The maximum atomic E-state index is 12.0. The molecule has 12 nitrogen and oxygen atoms in total. The largest absolute Gasteiger partial charge is 0.494 e. The Balaban J connectivity index is 1.74. The van der Waals surface area contributed by atoms with Gasteiger partial charge in [-0.15, -0.1) is 0 Å². The molecule has 1 aliphatic rings. The molecule has 4 aromatic rings. The van der Waals surface area contributed by atoms with E-state index in [0.717, 1.165) is 0 Å². The average molecular weight is 527 g/mol. The Morgan fingerprint density at radius 1 is 1.08 bits per heavy atom. The number of imidazole rings is 1. The number of pyridine rings is 1. The van der Waals surface area contributed by atoms with Gasteiger partial charge in [-0.25, -0.2) is 28.4 Å². The SMILES string of the molecule is CCOc1cccc(-c2nc3ncc(N[C@]4([SH](=O)=O)C[C@@H](O)C4)nc3n2-c2c(OC)cccc2OC)n1. The number of hydrogen-bond donors (Lipinski definition) is 3. The number of ether oxygens (including phenoxy) is 3. The van der Waals surface area contributed by atoms with Gasteiger partial charge in [-0.05, 0) is 25.1 Å². The highest BCUT2D eigenvalue weighted by Crippen LogP contribution is 2.39. The van der Waals surface area contributed by atoms with Crippen LogP contribution in [0.5, 0.6) is 17.4 Å². The summed E-state index contributed by atoms with van der Waals surface area (Å²) in [5.41, 5.74) is 1.63. The summed E-state index contributed by atoms with van der Waals surface area (Å²) in [6.45, 7) is 2.32. The number of methoxy groups -OCH3 is 2. The maximum Gasteiger partial charge on any atom is 0.213 e. The minimum atomic E-state index is -2.88. The second-order valence-corrected chi connectivity index (χ2v) is 9.82. The van der Waals surface area contributed by atoms with Crippen molar-refractivity contribution in [3.05, 3.63) is 42.6 Å². The summed E-state index contributed by atoms with van der Waals surface area (Å²) in [5, 5.41) is 12.7. The van der Waals surface area contributed by atoms with Crippen LogP contribution in [0, 0.1) is 0 Å². The molecule has 0 unspecified atom stereocenters. The first-order valence-corrected chi connectivity index (χ1v) is 12.7. The number of aliphatic hydroxyl groups is 1. The molecule has 0 atom stereocenters. The van der Waals surface area contributed by atoms with Crippen LogP contribution in [0.1, 0.15) is 19.8 Å². The number of aliphatic hydroxyl groups excluding tert-OH is 1. The summed E-state index contributed by atoms with van der Waals surface area (Å²) in [6, 6.07) is 10.7. The summed E-state index contributed by atoms with van der Waals surface area (Å²) in [7, 11) is 0.200. The predicted molar refractivity (Wildman–Crippen MR) is 136 cm³/mol. The van der Waals surface area contributed by atoms with Gasteiger partial charge in [0.1, 0.15) is 33.6 Å². The van der Waals surface area contributed by atoms with Crippen LogP contribution in [-0.4, -0.2) is 69.8 Å². The highest BCUT2D eigenvalue weighted by atomic mass is 32.2. The van der Waals surface area contributed by atoms with Crippen molar-refractivity contribution in [3.63, 3.8) is 0 Å². The lowest BCUT2D eigenvalue weighted by molar-refractivity contribution is 0.0684. The third-order valence-corrected chi connectivity index (χ3v) is 7.27. The number of fused-ring (bicyclic) bond motifs is 1. The van der Waals surface area contributed by atoms with Crippen LogP contribution in [-0.2, 0) is 10.7 Å². The fraction of sp³-hybridized carbons (Fsp3) is 0.333. The highest BCUT2D eigenvalue weighted by Gasteiger charge is 2.47. The van der Waals surface area contributed by atoms with Crippen LogP contribution in [0.25, 0.3) is 28.5 Å². The highest BCUT2D eigenvalue weighted by molar-refractivity contribution is 7.74. The molecule has 1 saturated carbocycles. The molecule has 0 aliphatic heterocycles. The van der Waals surface area contributed by atoms with E-state index in [-0.39, 0.29) is 18.7 Å². The van der Waals surface area contributed by atoms with Gasteiger partial charge in [-0.2, -0.15) is 0 Å². The minimum Gasteiger partial charge on any atom is -0.494 e. The van der Waals surface area contributed by atoms with Crippen molar-refractivity contribution in [2.45, 2.75) is 30.7 Å². The van der Waals surface area contributed by atoms with E-state index in [4.69, 9.17) is 19.2 Å². The van der Waals surface area contributed by atoms with Crippen molar-refractivity contribution in [2.24, 2.45) is 0 Å². The molecule has 0 saturated heterocycles. The average Bonchev–Trinajstić information content (AvgIpc) is 3.25. The summed E-state index contributed by atoms with van der Waals surface area (Å²) in [4.78, 5) is 17.1. The topological polar surface area (TPSA) is 151 Å². The van der Waals surface area contributed by atoms with Crippen LogP contribution in [0.4, 0.5) is 5.82 Å². The van der Waals surface area contributed by atoms with E-state index in [2.05, 4.69) is 20.3 Å². The molecule has 1 fully saturated rings. The normalized spacial score (nSPS) is 19.0. The summed E-state index contributed by atoms with van der Waals surface area (Å²) >= 11 is 0. The van der Waals surface area contributed by atoms with Gasteiger partial charge < -0.3 is 24.6 Å². The number of rotatable bonds is 9. The lowest BCUT2D eigenvalue weighted by atomic mass is 9.88. The molecular weight excluding hydrogens is 500 g/mol. The number of nitrogens with one attached hydrogen (secondary N) is 1. The molecule has 194 valence electrons. The molecule has 0 spiro atoms. The molecule has 2 N–H and O–H groups in total. The summed E-state index contributed by atoms with van der Waals surface area (Å²) in [6.07, 6.45) is 0.836. The number of hydrogen-bond acceptors (Lipinski definition) is 11. The minimum absolute atomic E-state index is 0.0599. The standard InChI is InChI=1S/C24H26N6O6S/c1-4-36-19-10-5-7-15(26-19)22-28-21-23(30(22)20-16(34-2)8-6-9-17(20)35-3)27-18(13-25-21)29-24(37(32)33)11-14(31)12-24/h5-10,13-14,31,37H,4,11-12H2,1-3H3,(H,27,29)/t14-,24+. The first kappa shape index (κ1) is 24.7. The zero-order valence-corrected chi connectivity index (χ0v) is 21.3. The molecule has 0 bridgehead atoms. The number of para-hydroxylation sites is 1. The Morgan fingerprint density at radius 2 is 1.78 bits per heavy atom. The first-order valence-electron chi connectivity index (χ1n) is 11.6. The van der Waals surface area contributed by atoms with Crippen LogP contribution in [0.3, 0.4) is 0 Å². The second-order valence-electron chi connectivity index (χ2n) is 8.45. The molecule has 5 rings (SSSR count). The van der Waals surface area contributed by atoms with E-state index in [1.165, 1.54) is 6.20 Å². The first-order chi connectivity index (χ1) is 17.9. The molecule has 0 amide bonds. The van der Waals surface area contributed by atoms with Gasteiger partial charge in [0.15, 0.2) is 27.8 Å². The Morgan fingerprint density at radius 3 is 2.41 bits per heavy atom. The summed E-state index contributed by atoms with van der Waals surface area (Å²) < 4.78 is 42.6. The molecule has 1 aromatic carbocycles. The van der Waals surface area contributed by atoms with Crippen molar-refractivity contribution in [1.29, 1.82) is 0 Å². The van der Waals surface area contributed by atoms with Gasteiger partial charge in [-0.1, -0.05) is 12.1 Å². The lowest BCUT2D eigenvalue weighted by Gasteiger charge is -2.41. The predicted octanol–water partition coefficient (Wildman–Crippen LogP) is 2.17. The molecule has 3 heterocycles. The maximum absolute atomic E-state index is 12.0. The second kappa shape index (κ2) is 9.82. The van der Waals surface area contributed by atoms with Gasteiger partial charge in [0.2, 0.25) is 5.88 Å². The zero-order valence-electron chi connectivity index (χ0n) is 20.4. The number of benzene rings is 1. The van der Waals surface area contributed by atoms with Crippen LogP contribution >= 0.6 is 0 Å².